The number of likely N-dealkylation sites (N-methyl/N-ethyl adjacent to an activating group) is 1. The zero-order valence-corrected chi connectivity index (χ0v) is 14.6. The van der Waals surface area contributed by atoms with Gasteiger partial charge < -0.3 is 15.0 Å². The molecule has 8 heteroatoms. The van der Waals surface area contributed by atoms with Gasteiger partial charge in [0.05, 0.1) is 31.2 Å². The van der Waals surface area contributed by atoms with Gasteiger partial charge in [0.1, 0.15) is 0 Å². The van der Waals surface area contributed by atoms with E-state index in [1.165, 1.54) is 12.4 Å². The molecule has 3 heterocycles. The van der Waals surface area contributed by atoms with Crippen molar-refractivity contribution in [1.29, 1.82) is 0 Å². The minimum atomic E-state index is -0.142. The van der Waals surface area contributed by atoms with E-state index in [-0.39, 0.29) is 23.9 Å². The number of carbonyl (C=O) groups excluding carboxylic acids is 2. The van der Waals surface area contributed by atoms with E-state index < -0.39 is 0 Å². The number of likely N-dealkylation sites (tertiary alicyclic amines) is 1. The van der Waals surface area contributed by atoms with Crippen LogP contribution < -0.4 is 5.32 Å². The maximum absolute atomic E-state index is 12.4. The molecule has 0 bridgehead atoms. The van der Waals surface area contributed by atoms with E-state index in [0.717, 1.165) is 12.8 Å². The molecule has 2 amide bonds. The van der Waals surface area contributed by atoms with Gasteiger partial charge in [0.15, 0.2) is 0 Å². The summed E-state index contributed by atoms with van der Waals surface area (Å²) < 4.78 is 5.30. The number of carbonyl (C=O) groups is 2. The summed E-state index contributed by atoms with van der Waals surface area (Å²) in [5.74, 6) is 0.0591. The Morgan fingerprint density at radius 3 is 2.72 bits per heavy atom. The molecule has 1 aromatic heterocycles. The zero-order valence-electron chi connectivity index (χ0n) is 14.6. The van der Waals surface area contributed by atoms with Crippen molar-refractivity contribution in [3.05, 3.63) is 24.0 Å². The Hall–Kier alpha value is -2.06. The average molecular weight is 347 g/mol. The van der Waals surface area contributed by atoms with Crippen LogP contribution in [0.4, 0.5) is 0 Å². The lowest BCUT2D eigenvalue weighted by Crippen LogP contribution is -2.45. The van der Waals surface area contributed by atoms with Gasteiger partial charge in [0, 0.05) is 38.1 Å². The minimum absolute atomic E-state index is 0.142. The predicted octanol–water partition coefficient (Wildman–Crippen LogP) is -0.0819. The second kappa shape index (κ2) is 8.35. The highest BCUT2D eigenvalue weighted by Crippen LogP contribution is 2.25. The molecule has 0 radical (unpaired) electrons. The fourth-order valence-electron chi connectivity index (χ4n) is 3.46. The number of ether oxygens (including phenoxy) is 1. The van der Waals surface area contributed by atoms with Crippen LogP contribution in [0.25, 0.3) is 0 Å². The molecule has 2 atom stereocenters. The Balaban J connectivity index is 1.45. The second-order valence-electron chi connectivity index (χ2n) is 6.59. The van der Waals surface area contributed by atoms with Crippen LogP contribution in [0, 0.1) is 0 Å². The Labute approximate surface area is 147 Å². The monoisotopic (exact) mass is 347 g/mol. The van der Waals surface area contributed by atoms with Crippen molar-refractivity contribution in [2.45, 2.75) is 31.3 Å². The number of nitrogens with zero attached hydrogens (tertiary/aromatic N) is 4. The van der Waals surface area contributed by atoms with Crippen molar-refractivity contribution in [2.75, 3.05) is 39.9 Å². The van der Waals surface area contributed by atoms with Gasteiger partial charge >= 0.3 is 0 Å². The number of morpholine rings is 1. The maximum atomic E-state index is 12.4. The second-order valence-corrected chi connectivity index (χ2v) is 6.59. The molecule has 2 saturated heterocycles. The number of hydrogen-bond acceptors (Lipinski definition) is 6. The van der Waals surface area contributed by atoms with Gasteiger partial charge in [-0.1, -0.05) is 0 Å². The van der Waals surface area contributed by atoms with Crippen molar-refractivity contribution in [3.8, 4) is 0 Å². The van der Waals surface area contributed by atoms with Gasteiger partial charge in [-0.25, -0.2) is 0 Å². The molecule has 2 aliphatic rings. The van der Waals surface area contributed by atoms with Crippen LogP contribution in [0.2, 0.25) is 0 Å². The summed E-state index contributed by atoms with van der Waals surface area (Å²) in [6.07, 6.45) is 5.45. The standard InChI is InChI=1S/C17H25N5O3/c1-21-14(10-16(23)22-6-8-25-9-7-22)2-3-15(21)12-18-17(24)13-4-5-19-20-11-13/h4-5,11,14-15H,2-3,6-10,12H2,1H3,(H,18,24)/t14-,15+/m1/s1. The van der Waals surface area contributed by atoms with E-state index >= 15 is 0 Å². The molecule has 0 aromatic carbocycles. The van der Waals surface area contributed by atoms with E-state index in [9.17, 15) is 9.59 Å². The lowest BCUT2D eigenvalue weighted by atomic mass is 10.1. The van der Waals surface area contributed by atoms with E-state index in [1.807, 2.05) is 11.9 Å². The van der Waals surface area contributed by atoms with Gasteiger partial charge in [-0.15, -0.1) is 0 Å². The highest BCUT2D eigenvalue weighted by Gasteiger charge is 2.33. The Morgan fingerprint density at radius 1 is 1.24 bits per heavy atom. The number of aromatic nitrogens is 2. The molecule has 8 nitrogen and oxygen atoms in total. The molecule has 136 valence electrons. The normalized spacial score (nSPS) is 24.3. The van der Waals surface area contributed by atoms with Crippen LogP contribution >= 0.6 is 0 Å². The number of amides is 2. The third-order valence-corrected chi connectivity index (χ3v) is 5.10. The van der Waals surface area contributed by atoms with Crippen molar-refractivity contribution >= 4 is 11.8 Å². The van der Waals surface area contributed by atoms with Crippen molar-refractivity contribution in [2.24, 2.45) is 0 Å². The van der Waals surface area contributed by atoms with Gasteiger partial charge in [-0.2, -0.15) is 10.2 Å². The SMILES string of the molecule is CN1[C@@H](CC(=O)N2CCOCC2)CC[C@H]1CNC(=O)c1ccnnc1. The van der Waals surface area contributed by atoms with E-state index in [1.54, 1.807) is 6.07 Å². The quantitative estimate of drug-likeness (QED) is 0.801. The first kappa shape index (κ1) is 17.8. The fourth-order valence-corrected chi connectivity index (χ4v) is 3.46. The van der Waals surface area contributed by atoms with E-state index in [2.05, 4.69) is 20.4 Å². The van der Waals surface area contributed by atoms with Crippen molar-refractivity contribution in [1.82, 2.24) is 25.3 Å². The summed E-state index contributed by atoms with van der Waals surface area (Å²) in [6, 6.07) is 2.13. The smallest absolute Gasteiger partial charge is 0.253 e. The van der Waals surface area contributed by atoms with Gasteiger partial charge in [-0.05, 0) is 26.0 Å². The lowest BCUT2D eigenvalue weighted by Gasteiger charge is -2.30. The first-order valence-electron chi connectivity index (χ1n) is 8.77. The molecule has 0 aliphatic carbocycles. The Bertz CT molecular complexity index is 591. The molecule has 0 saturated carbocycles. The number of rotatable bonds is 5. The molecule has 2 aliphatic heterocycles. The number of nitrogens with one attached hydrogen (secondary N) is 1. The van der Waals surface area contributed by atoms with Gasteiger partial charge in [0.25, 0.3) is 5.91 Å². The molecule has 0 spiro atoms. The molecular formula is C17H25N5O3. The first-order chi connectivity index (χ1) is 12.1. The third kappa shape index (κ3) is 4.52. The number of hydrogen-bond donors (Lipinski definition) is 1. The zero-order chi connectivity index (χ0) is 17.6. The summed E-state index contributed by atoms with van der Waals surface area (Å²) in [7, 11) is 2.04. The van der Waals surface area contributed by atoms with Crippen LogP contribution in [0.5, 0.6) is 0 Å². The molecule has 3 rings (SSSR count). The van der Waals surface area contributed by atoms with Crippen molar-refractivity contribution in [3.63, 3.8) is 0 Å². The van der Waals surface area contributed by atoms with Crippen molar-refractivity contribution < 1.29 is 14.3 Å². The topological polar surface area (TPSA) is 87.7 Å². The summed E-state index contributed by atoms with van der Waals surface area (Å²) in [6.45, 7) is 3.21. The van der Waals surface area contributed by atoms with E-state index in [4.69, 9.17) is 4.74 Å². The molecule has 1 aromatic rings. The predicted molar refractivity (Wildman–Crippen MR) is 91.0 cm³/mol. The Kier molecular flexibility index (Phi) is 5.93. The van der Waals surface area contributed by atoms with Crippen LogP contribution in [0.15, 0.2) is 18.5 Å². The van der Waals surface area contributed by atoms with Gasteiger partial charge in [0.2, 0.25) is 5.91 Å². The van der Waals surface area contributed by atoms with Crippen LogP contribution in [-0.2, 0) is 9.53 Å². The summed E-state index contributed by atoms with van der Waals surface area (Å²) in [4.78, 5) is 28.6. The Morgan fingerprint density at radius 2 is 2.00 bits per heavy atom. The maximum Gasteiger partial charge on any atom is 0.253 e. The molecule has 1 N–H and O–H groups in total. The highest BCUT2D eigenvalue weighted by atomic mass is 16.5. The van der Waals surface area contributed by atoms with E-state index in [0.29, 0.717) is 44.8 Å². The summed E-state index contributed by atoms with van der Waals surface area (Å²) in [5, 5.41) is 10.3. The van der Waals surface area contributed by atoms with Gasteiger partial charge in [-0.3, -0.25) is 14.5 Å². The molecule has 2 fully saturated rings. The largest absolute Gasteiger partial charge is 0.378 e. The van der Waals surface area contributed by atoms with Crippen LogP contribution in [0.1, 0.15) is 29.6 Å². The molecule has 0 unspecified atom stereocenters. The first-order valence-corrected chi connectivity index (χ1v) is 8.77. The third-order valence-electron chi connectivity index (χ3n) is 5.10. The summed E-state index contributed by atoms with van der Waals surface area (Å²) in [5.41, 5.74) is 0.509. The lowest BCUT2D eigenvalue weighted by molar-refractivity contribution is -0.136. The van der Waals surface area contributed by atoms with Crippen LogP contribution in [0.3, 0.4) is 0 Å². The highest BCUT2D eigenvalue weighted by molar-refractivity contribution is 5.93. The van der Waals surface area contributed by atoms with Crippen LogP contribution in [-0.4, -0.2) is 83.8 Å². The fraction of sp³-hybridized carbons (Fsp3) is 0.647. The molecular weight excluding hydrogens is 322 g/mol. The minimum Gasteiger partial charge on any atom is -0.378 e. The summed E-state index contributed by atoms with van der Waals surface area (Å²) >= 11 is 0. The molecule has 25 heavy (non-hydrogen) atoms. The average Bonchev–Trinajstić information content (AvgIpc) is 3.01.